The fourth-order valence-corrected chi connectivity index (χ4v) is 1.77. The second-order valence-corrected chi connectivity index (χ2v) is 4.34. The Balaban J connectivity index is 2.17. The van der Waals surface area contributed by atoms with Gasteiger partial charge in [0.1, 0.15) is 5.69 Å². The molecular weight excluding hydrogens is 270 g/mol. The van der Waals surface area contributed by atoms with Gasteiger partial charge in [-0.25, -0.2) is 4.79 Å². The van der Waals surface area contributed by atoms with E-state index < -0.39 is 12.0 Å². The molecule has 6 heteroatoms. The van der Waals surface area contributed by atoms with Gasteiger partial charge in [0, 0.05) is 6.20 Å². The highest BCUT2D eigenvalue weighted by Gasteiger charge is 2.11. The van der Waals surface area contributed by atoms with Crippen molar-refractivity contribution in [3.05, 3.63) is 53.9 Å². The molecule has 0 fully saturated rings. The highest BCUT2D eigenvalue weighted by molar-refractivity contribution is 6.05. The van der Waals surface area contributed by atoms with Crippen molar-refractivity contribution in [2.75, 3.05) is 10.6 Å². The van der Waals surface area contributed by atoms with Crippen LogP contribution in [0.2, 0.25) is 0 Å². The maximum absolute atomic E-state index is 12.1. The van der Waals surface area contributed by atoms with Crippen LogP contribution >= 0.6 is 0 Å². The summed E-state index contributed by atoms with van der Waals surface area (Å²) in [5.41, 5.74) is 2.01. The van der Waals surface area contributed by atoms with Crippen molar-refractivity contribution in [2.45, 2.75) is 13.3 Å². The highest BCUT2D eigenvalue weighted by atomic mass is 16.4. The number of anilines is 2. The predicted molar refractivity (Wildman–Crippen MR) is 79.7 cm³/mol. The smallest absolute Gasteiger partial charge is 0.409 e. The minimum Gasteiger partial charge on any atom is -0.465 e. The van der Waals surface area contributed by atoms with E-state index in [4.69, 9.17) is 5.11 Å². The minimum atomic E-state index is -1.19. The molecule has 21 heavy (non-hydrogen) atoms. The standard InChI is InChI=1S/C15H15N3O3/c1-2-10-7-8-13(16-9-10)14(19)17-11-5-3-4-6-12(11)18-15(20)21/h3-9,18H,2H2,1H3,(H,17,19)(H,20,21). The number of carbonyl (C=O) groups excluding carboxylic acids is 1. The van der Waals surface area contributed by atoms with Crippen LogP contribution in [0.1, 0.15) is 23.0 Å². The number of nitrogens with one attached hydrogen (secondary N) is 2. The van der Waals surface area contributed by atoms with E-state index in [2.05, 4.69) is 15.6 Å². The molecule has 2 aromatic rings. The Labute approximate surface area is 121 Å². The third-order valence-electron chi connectivity index (χ3n) is 2.88. The predicted octanol–water partition coefficient (Wildman–Crippen LogP) is 2.99. The maximum atomic E-state index is 12.1. The van der Waals surface area contributed by atoms with E-state index in [0.29, 0.717) is 11.4 Å². The number of pyridine rings is 1. The molecule has 1 aromatic carbocycles. The number of nitrogens with zero attached hydrogens (tertiary/aromatic N) is 1. The summed E-state index contributed by atoms with van der Waals surface area (Å²) in [5.74, 6) is -0.391. The van der Waals surface area contributed by atoms with Crippen molar-refractivity contribution in [3.8, 4) is 0 Å². The lowest BCUT2D eigenvalue weighted by atomic mass is 10.2. The largest absolute Gasteiger partial charge is 0.465 e. The number of benzene rings is 1. The summed E-state index contributed by atoms with van der Waals surface area (Å²) in [6.45, 7) is 2.00. The first-order valence-corrected chi connectivity index (χ1v) is 6.45. The fourth-order valence-electron chi connectivity index (χ4n) is 1.77. The molecular formula is C15H15N3O3. The van der Waals surface area contributed by atoms with Crippen molar-refractivity contribution < 1.29 is 14.7 Å². The fraction of sp³-hybridized carbons (Fsp3) is 0.133. The van der Waals surface area contributed by atoms with E-state index in [1.54, 1.807) is 36.5 Å². The molecule has 0 radical (unpaired) electrons. The number of rotatable bonds is 4. The van der Waals surface area contributed by atoms with Crippen molar-refractivity contribution in [1.29, 1.82) is 0 Å². The van der Waals surface area contributed by atoms with Crippen molar-refractivity contribution in [3.63, 3.8) is 0 Å². The monoisotopic (exact) mass is 285 g/mol. The van der Waals surface area contributed by atoms with E-state index in [0.717, 1.165) is 12.0 Å². The van der Waals surface area contributed by atoms with Gasteiger partial charge in [0.2, 0.25) is 0 Å². The van der Waals surface area contributed by atoms with E-state index in [1.807, 2.05) is 13.0 Å². The number of carbonyl (C=O) groups is 2. The van der Waals surface area contributed by atoms with Crippen LogP contribution in [0.5, 0.6) is 0 Å². The molecule has 1 heterocycles. The van der Waals surface area contributed by atoms with Crippen LogP contribution in [-0.4, -0.2) is 22.1 Å². The molecule has 0 spiro atoms. The molecule has 0 atom stereocenters. The van der Waals surface area contributed by atoms with Crippen LogP contribution < -0.4 is 10.6 Å². The number of aromatic nitrogens is 1. The molecule has 0 bridgehead atoms. The first kappa shape index (κ1) is 14.5. The number of carboxylic acid groups (broad SMARTS) is 1. The van der Waals surface area contributed by atoms with Gasteiger partial charge in [-0.05, 0) is 30.2 Å². The van der Waals surface area contributed by atoms with E-state index in [9.17, 15) is 9.59 Å². The number of para-hydroxylation sites is 2. The third kappa shape index (κ3) is 3.79. The molecule has 0 aliphatic rings. The average molecular weight is 285 g/mol. The van der Waals surface area contributed by atoms with Crippen molar-refractivity contribution in [1.82, 2.24) is 4.98 Å². The maximum Gasteiger partial charge on any atom is 0.409 e. The van der Waals surface area contributed by atoms with Gasteiger partial charge in [0.05, 0.1) is 11.4 Å². The van der Waals surface area contributed by atoms with Crippen LogP contribution in [0.15, 0.2) is 42.6 Å². The zero-order valence-electron chi connectivity index (χ0n) is 11.5. The summed E-state index contributed by atoms with van der Waals surface area (Å²) in [6, 6.07) is 10.0. The second-order valence-electron chi connectivity index (χ2n) is 4.34. The zero-order valence-corrected chi connectivity index (χ0v) is 11.5. The lowest BCUT2D eigenvalue weighted by Crippen LogP contribution is -2.16. The number of hydrogen-bond donors (Lipinski definition) is 3. The van der Waals surface area contributed by atoms with Crippen molar-refractivity contribution in [2.24, 2.45) is 0 Å². The molecule has 3 N–H and O–H groups in total. The van der Waals surface area contributed by atoms with Crippen LogP contribution in [0, 0.1) is 0 Å². The molecule has 0 saturated heterocycles. The van der Waals surface area contributed by atoms with E-state index >= 15 is 0 Å². The normalized spacial score (nSPS) is 9.95. The van der Waals surface area contributed by atoms with Crippen LogP contribution in [-0.2, 0) is 6.42 Å². The second kappa shape index (κ2) is 6.51. The molecule has 0 saturated carbocycles. The van der Waals surface area contributed by atoms with Gasteiger partial charge in [0.25, 0.3) is 5.91 Å². The first-order chi connectivity index (χ1) is 10.1. The third-order valence-corrected chi connectivity index (χ3v) is 2.88. The minimum absolute atomic E-state index is 0.275. The molecule has 0 unspecified atom stereocenters. The van der Waals surface area contributed by atoms with E-state index in [-0.39, 0.29) is 5.69 Å². The topological polar surface area (TPSA) is 91.3 Å². The quantitative estimate of drug-likeness (QED) is 0.805. The Kier molecular flexibility index (Phi) is 4.50. The lowest BCUT2D eigenvalue weighted by Gasteiger charge is -2.10. The summed E-state index contributed by atoms with van der Waals surface area (Å²) in [6.07, 6.45) is 1.30. The van der Waals surface area contributed by atoms with Gasteiger partial charge in [-0.3, -0.25) is 15.1 Å². The molecule has 6 nitrogen and oxygen atoms in total. The molecule has 1 aromatic heterocycles. The van der Waals surface area contributed by atoms with Gasteiger partial charge < -0.3 is 10.4 Å². The molecule has 108 valence electrons. The van der Waals surface area contributed by atoms with Crippen molar-refractivity contribution >= 4 is 23.4 Å². The number of aryl methyl sites for hydroxylation is 1. The summed E-state index contributed by atoms with van der Waals surface area (Å²) in [4.78, 5) is 26.9. The van der Waals surface area contributed by atoms with Gasteiger partial charge in [-0.15, -0.1) is 0 Å². The van der Waals surface area contributed by atoms with Gasteiger partial charge in [-0.1, -0.05) is 25.1 Å². The Morgan fingerprint density at radius 2 is 1.76 bits per heavy atom. The van der Waals surface area contributed by atoms with Crippen LogP contribution in [0.25, 0.3) is 0 Å². The Bertz CT molecular complexity index is 653. The highest BCUT2D eigenvalue weighted by Crippen LogP contribution is 2.21. The Morgan fingerprint density at radius 1 is 1.10 bits per heavy atom. The number of hydrogen-bond acceptors (Lipinski definition) is 3. The average Bonchev–Trinajstić information content (AvgIpc) is 2.49. The first-order valence-electron chi connectivity index (χ1n) is 6.45. The number of amides is 2. The molecule has 0 aliphatic carbocycles. The van der Waals surface area contributed by atoms with Gasteiger partial charge in [-0.2, -0.15) is 0 Å². The lowest BCUT2D eigenvalue weighted by molar-refractivity contribution is 0.102. The molecule has 0 aliphatic heterocycles. The van der Waals surface area contributed by atoms with Crippen LogP contribution in [0.4, 0.5) is 16.2 Å². The summed E-state index contributed by atoms with van der Waals surface area (Å²) in [5, 5.41) is 13.6. The summed E-state index contributed by atoms with van der Waals surface area (Å²) in [7, 11) is 0. The molecule has 2 rings (SSSR count). The van der Waals surface area contributed by atoms with Gasteiger partial charge >= 0.3 is 6.09 Å². The van der Waals surface area contributed by atoms with E-state index in [1.165, 1.54) is 0 Å². The summed E-state index contributed by atoms with van der Waals surface area (Å²) < 4.78 is 0. The van der Waals surface area contributed by atoms with Gasteiger partial charge in [0.15, 0.2) is 0 Å². The Hall–Kier alpha value is -2.89. The SMILES string of the molecule is CCc1ccc(C(=O)Nc2ccccc2NC(=O)O)nc1. The molecule has 2 amide bonds. The summed E-state index contributed by atoms with van der Waals surface area (Å²) >= 11 is 0. The zero-order chi connectivity index (χ0) is 15.2. The van der Waals surface area contributed by atoms with Crippen LogP contribution in [0.3, 0.4) is 0 Å². The Morgan fingerprint density at radius 3 is 2.29 bits per heavy atom.